The van der Waals surface area contributed by atoms with E-state index in [1.165, 1.54) is 12.1 Å². The molecule has 0 aromatic heterocycles. The van der Waals surface area contributed by atoms with Crippen LogP contribution in [0.15, 0.2) is 36.4 Å². The van der Waals surface area contributed by atoms with Crippen molar-refractivity contribution in [2.45, 2.75) is 16.7 Å². The number of hydrogen-bond donors (Lipinski definition) is 2. The molecule has 0 aliphatic heterocycles. The predicted octanol–water partition coefficient (Wildman–Crippen LogP) is 6.53. The predicted molar refractivity (Wildman–Crippen MR) is 125 cm³/mol. The number of carbonyl (C=O) groups is 2. The van der Waals surface area contributed by atoms with Crippen LogP contribution in [0.2, 0.25) is 15.1 Å². The Labute approximate surface area is 204 Å². The molecule has 0 spiro atoms. The van der Waals surface area contributed by atoms with Crippen LogP contribution in [0.4, 0.5) is 5.69 Å². The van der Waals surface area contributed by atoms with Crippen molar-refractivity contribution < 1.29 is 9.59 Å². The summed E-state index contributed by atoms with van der Waals surface area (Å²) in [7, 11) is 0. The van der Waals surface area contributed by atoms with Crippen molar-refractivity contribution in [1.82, 2.24) is 5.32 Å². The molecule has 10 heteroatoms. The highest BCUT2D eigenvalue weighted by atomic mass is 35.5. The molecule has 2 atom stereocenters. The fourth-order valence-corrected chi connectivity index (χ4v) is 4.89. The number of benzene rings is 2. The molecule has 0 unspecified atom stereocenters. The van der Waals surface area contributed by atoms with Gasteiger partial charge in [-0.3, -0.25) is 9.59 Å². The van der Waals surface area contributed by atoms with Crippen LogP contribution in [-0.2, 0) is 4.79 Å². The minimum Gasteiger partial charge on any atom is -0.352 e. The molecule has 2 aromatic carbocycles. The van der Waals surface area contributed by atoms with E-state index in [1.807, 2.05) is 0 Å². The molecular formula is C20H16Cl6N2O2. The minimum absolute atomic E-state index is 0.237. The van der Waals surface area contributed by atoms with Crippen molar-refractivity contribution >= 4 is 87.1 Å². The van der Waals surface area contributed by atoms with Gasteiger partial charge >= 0.3 is 0 Å². The van der Waals surface area contributed by atoms with Gasteiger partial charge in [0.05, 0.1) is 16.5 Å². The largest absolute Gasteiger partial charge is 0.352 e. The van der Waals surface area contributed by atoms with E-state index in [0.717, 1.165) is 0 Å². The lowest BCUT2D eigenvalue weighted by Crippen LogP contribution is -2.25. The SMILES string of the molecule is O=C(NCCCCl)c1cc(NC(=O)[C@@H]2[C@@H](c3cc(Cl)cc(Cl)c3)C2(Cl)Cl)ccc1Cl. The standard InChI is InChI=1S/C20H16Cl6N2O2/c21-4-1-5-27-18(29)14-9-13(2-3-15(14)24)28-19(30)17-16(20(17,25)26)10-6-11(22)8-12(23)7-10/h2-3,6-9,16-17H,1,4-5H2,(H,27,29)(H,28,30)/t16-,17+/m1/s1. The molecule has 2 N–H and O–H groups in total. The van der Waals surface area contributed by atoms with Crippen LogP contribution >= 0.6 is 69.6 Å². The summed E-state index contributed by atoms with van der Waals surface area (Å²) in [6.45, 7) is 0.419. The molecule has 1 aliphatic rings. The van der Waals surface area contributed by atoms with Crippen LogP contribution in [0.5, 0.6) is 0 Å². The molecule has 0 heterocycles. The first-order valence-corrected chi connectivity index (χ1v) is 11.4. The fraction of sp³-hybridized carbons (Fsp3) is 0.300. The zero-order valence-electron chi connectivity index (χ0n) is 15.3. The van der Waals surface area contributed by atoms with Gasteiger partial charge in [0.15, 0.2) is 0 Å². The van der Waals surface area contributed by atoms with Crippen LogP contribution < -0.4 is 10.6 Å². The molecular weight excluding hydrogens is 513 g/mol. The Morgan fingerprint density at radius 2 is 1.67 bits per heavy atom. The van der Waals surface area contributed by atoms with E-state index < -0.39 is 22.1 Å². The number of hydrogen-bond acceptors (Lipinski definition) is 2. The summed E-state index contributed by atoms with van der Waals surface area (Å²) in [6.07, 6.45) is 0.630. The van der Waals surface area contributed by atoms with E-state index in [1.54, 1.807) is 24.3 Å². The third-order valence-electron chi connectivity index (χ3n) is 4.65. The molecule has 1 aliphatic carbocycles. The van der Waals surface area contributed by atoms with Crippen molar-refractivity contribution in [3.8, 4) is 0 Å². The molecule has 2 amide bonds. The Kier molecular flexibility index (Phi) is 7.71. The van der Waals surface area contributed by atoms with Gasteiger partial charge < -0.3 is 10.6 Å². The van der Waals surface area contributed by atoms with E-state index in [4.69, 9.17) is 69.6 Å². The maximum Gasteiger partial charge on any atom is 0.252 e. The summed E-state index contributed by atoms with van der Waals surface area (Å²) < 4.78 is -1.30. The highest BCUT2D eigenvalue weighted by molar-refractivity contribution is 6.53. The lowest BCUT2D eigenvalue weighted by molar-refractivity contribution is -0.117. The van der Waals surface area contributed by atoms with Crippen LogP contribution in [0.25, 0.3) is 0 Å². The van der Waals surface area contributed by atoms with Gasteiger partial charge in [-0.25, -0.2) is 0 Å². The quantitative estimate of drug-likeness (QED) is 0.317. The molecule has 3 rings (SSSR count). The van der Waals surface area contributed by atoms with E-state index >= 15 is 0 Å². The molecule has 1 fully saturated rings. The number of rotatable bonds is 7. The first-order chi connectivity index (χ1) is 14.1. The van der Waals surface area contributed by atoms with Crippen molar-refractivity contribution in [2.75, 3.05) is 17.7 Å². The third kappa shape index (κ3) is 5.29. The minimum atomic E-state index is -1.30. The number of alkyl halides is 3. The average Bonchev–Trinajstić information content (AvgIpc) is 3.25. The van der Waals surface area contributed by atoms with Crippen molar-refractivity contribution in [2.24, 2.45) is 5.92 Å². The molecule has 0 radical (unpaired) electrons. The Balaban J connectivity index is 1.74. The lowest BCUT2D eigenvalue weighted by atomic mass is 10.1. The van der Waals surface area contributed by atoms with Crippen LogP contribution in [0.1, 0.15) is 28.3 Å². The molecule has 2 aromatic rings. The van der Waals surface area contributed by atoms with Crippen molar-refractivity contribution in [1.29, 1.82) is 0 Å². The summed E-state index contributed by atoms with van der Waals surface area (Å²) in [5.41, 5.74) is 1.31. The topological polar surface area (TPSA) is 58.2 Å². The number of nitrogens with one attached hydrogen (secondary N) is 2. The zero-order valence-corrected chi connectivity index (χ0v) is 19.9. The Morgan fingerprint density at radius 3 is 2.30 bits per heavy atom. The summed E-state index contributed by atoms with van der Waals surface area (Å²) >= 11 is 36.6. The highest BCUT2D eigenvalue weighted by Crippen LogP contribution is 2.65. The monoisotopic (exact) mass is 526 g/mol. The summed E-state index contributed by atoms with van der Waals surface area (Å²) in [6, 6.07) is 9.56. The van der Waals surface area contributed by atoms with E-state index in [0.29, 0.717) is 40.1 Å². The van der Waals surface area contributed by atoms with Gasteiger partial charge in [-0.15, -0.1) is 34.8 Å². The zero-order chi connectivity index (χ0) is 22.1. The molecule has 4 nitrogen and oxygen atoms in total. The van der Waals surface area contributed by atoms with Crippen molar-refractivity contribution in [3.05, 3.63) is 62.6 Å². The number of anilines is 1. The normalized spacial score (nSPS) is 19.3. The first kappa shape index (κ1) is 23.8. The Hall–Kier alpha value is -0.880. The second-order valence-corrected chi connectivity index (χ2v) is 9.92. The van der Waals surface area contributed by atoms with Gasteiger partial charge in [-0.1, -0.05) is 34.8 Å². The molecule has 0 saturated heterocycles. The van der Waals surface area contributed by atoms with Crippen LogP contribution in [0.3, 0.4) is 0 Å². The number of halogens is 6. The van der Waals surface area contributed by atoms with Gasteiger partial charge in [-0.05, 0) is 48.4 Å². The van der Waals surface area contributed by atoms with E-state index in [-0.39, 0.29) is 16.5 Å². The second-order valence-electron chi connectivity index (χ2n) is 6.81. The smallest absolute Gasteiger partial charge is 0.252 e. The fourth-order valence-electron chi connectivity index (χ4n) is 3.18. The van der Waals surface area contributed by atoms with Gasteiger partial charge in [0.2, 0.25) is 5.91 Å². The van der Waals surface area contributed by atoms with E-state index in [9.17, 15) is 9.59 Å². The summed E-state index contributed by atoms with van der Waals surface area (Å²) in [5.74, 6) is -1.50. The second kappa shape index (κ2) is 9.72. The Bertz CT molecular complexity index is 962. The number of carbonyl (C=O) groups excluding carboxylic acids is 2. The molecule has 0 bridgehead atoms. The van der Waals surface area contributed by atoms with Gasteiger partial charge in [0.25, 0.3) is 5.91 Å². The van der Waals surface area contributed by atoms with Crippen LogP contribution in [0, 0.1) is 5.92 Å². The lowest BCUT2D eigenvalue weighted by Gasteiger charge is -2.10. The first-order valence-electron chi connectivity index (χ1n) is 8.93. The van der Waals surface area contributed by atoms with E-state index in [2.05, 4.69) is 10.6 Å². The third-order valence-corrected chi connectivity index (χ3v) is 6.63. The Morgan fingerprint density at radius 1 is 1.00 bits per heavy atom. The maximum atomic E-state index is 12.8. The van der Waals surface area contributed by atoms with Crippen molar-refractivity contribution in [3.63, 3.8) is 0 Å². The summed E-state index contributed by atoms with van der Waals surface area (Å²) in [4.78, 5) is 25.1. The molecule has 1 saturated carbocycles. The molecule has 160 valence electrons. The van der Waals surface area contributed by atoms with Gasteiger partial charge in [-0.2, -0.15) is 0 Å². The van der Waals surface area contributed by atoms with Gasteiger partial charge in [0.1, 0.15) is 4.33 Å². The number of amides is 2. The van der Waals surface area contributed by atoms with Crippen LogP contribution in [-0.4, -0.2) is 28.6 Å². The van der Waals surface area contributed by atoms with Gasteiger partial charge in [0, 0.05) is 34.1 Å². The molecule has 30 heavy (non-hydrogen) atoms. The highest BCUT2D eigenvalue weighted by Gasteiger charge is 2.67. The average molecular weight is 529 g/mol. The summed E-state index contributed by atoms with van der Waals surface area (Å²) in [5, 5.41) is 6.58. The maximum absolute atomic E-state index is 12.8.